The van der Waals surface area contributed by atoms with Gasteiger partial charge < -0.3 is 9.47 Å². The molecule has 0 amide bonds. The van der Waals surface area contributed by atoms with E-state index >= 15 is 0 Å². The second kappa shape index (κ2) is 7.67. The minimum Gasteiger partial charge on any atom is -0.469 e. The van der Waals surface area contributed by atoms with Gasteiger partial charge in [-0.1, -0.05) is 0 Å². The summed E-state index contributed by atoms with van der Waals surface area (Å²) in [4.78, 5) is 21.9. The second-order valence-electron chi connectivity index (χ2n) is 2.59. The molecule has 0 bridgehead atoms. The van der Waals surface area contributed by atoms with Crippen LogP contribution in [0.5, 0.6) is 0 Å². The number of methoxy groups -OCH3 is 1. The fraction of sp³-hybridized carbons (Fsp3) is 0.778. The van der Waals surface area contributed by atoms with Gasteiger partial charge in [-0.3, -0.25) is 9.59 Å². The van der Waals surface area contributed by atoms with E-state index in [4.69, 9.17) is 4.74 Å². The summed E-state index contributed by atoms with van der Waals surface area (Å²) in [6.45, 7) is 3.92. The van der Waals surface area contributed by atoms with Gasteiger partial charge in [0.05, 0.1) is 25.4 Å². The lowest BCUT2D eigenvalue weighted by Crippen LogP contribution is -2.17. The number of hydrogen-bond donors (Lipinski definition) is 0. The van der Waals surface area contributed by atoms with Crippen molar-refractivity contribution in [3.05, 3.63) is 0 Å². The van der Waals surface area contributed by atoms with Crippen LogP contribution in [0.15, 0.2) is 0 Å². The van der Waals surface area contributed by atoms with Gasteiger partial charge in [-0.05, 0) is 13.8 Å². The maximum Gasteiger partial charge on any atom is 0.318 e. The van der Waals surface area contributed by atoms with Crippen molar-refractivity contribution in [2.45, 2.75) is 25.5 Å². The first-order valence-corrected chi connectivity index (χ1v) is 5.51. The van der Waals surface area contributed by atoms with E-state index < -0.39 is 0 Å². The van der Waals surface area contributed by atoms with Crippen molar-refractivity contribution in [3.8, 4) is 0 Å². The van der Waals surface area contributed by atoms with E-state index in [-0.39, 0.29) is 17.2 Å². The molecule has 0 saturated heterocycles. The van der Waals surface area contributed by atoms with Gasteiger partial charge in [0.2, 0.25) is 0 Å². The van der Waals surface area contributed by atoms with Crippen LogP contribution >= 0.6 is 11.8 Å². The molecular weight excluding hydrogens is 204 g/mol. The van der Waals surface area contributed by atoms with Gasteiger partial charge in [-0.2, -0.15) is 0 Å². The highest BCUT2D eigenvalue weighted by Gasteiger charge is 2.14. The van der Waals surface area contributed by atoms with Crippen molar-refractivity contribution >= 4 is 23.7 Å². The molecule has 0 heterocycles. The summed E-state index contributed by atoms with van der Waals surface area (Å²) in [5.41, 5.74) is 0. The number of thioether (sulfide) groups is 1. The van der Waals surface area contributed by atoms with Crippen LogP contribution < -0.4 is 0 Å². The largest absolute Gasteiger partial charge is 0.469 e. The molecule has 0 aliphatic carbocycles. The van der Waals surface area contributed by atoms with Gasteiger partial charge in [0.1, 0.15) is 0 Å². The maximum absolute atomic E-state index is 11.1. The molecule has 0 aromatic rings. The zero-order chi connectivity index (χ0) is 11.0. The van der Waals surface area contributed by atoms with E-state index in [1.807, 2.05) is 0 Å². The van der Waals surface area contributed by atoms with Gasteiger partial charge in [0, 0.05) is 5.75 Å². The van der Waals surface area contributed by atoms with Crippen molar-refractivity contribution in [3.63, 3.8) is 0 Å². The average molecular weight is 220 g/mol. The third-order valence-electron chi connectivity index (χ3n) is 1.52. The van der Waals surface area contributed by atoms with Gasteiger partial charge in [0.25, 0.3) is 0 Å². The molecule has 1 atom stereocenters. The molecule has 82 valence electrons. The van der Waals surface area contributed by atoms with E-state index in [0.29, 0.717) is 18.8 Å². The Morgan fingerprint density at radius 1 is 1.43 bits per heavy atom. The molecule has 0 fully saturated rings. The first kappa shape index (κ1) is 13.3. The monoisotopic (exact) mass is 220 g/mol. The number of rotatable bonds is 6. The Bertz CT molecular complexity index is 193. The van der Waals surface area contributed by atoms with E-state index in [1.54, 1.807) is 13.8 Å². The summed E-state index contributed by atoms with van der Waals surface area (Å²) < 4.78 is 9.28. The quantitative estimate of drug-likeness (QED) is 0.630. The predicted molar refractivity (Wildman–Crippen MR) is 55.2 cm³/mol. The van der Waals surface area contributed by atoms with E-state index in [9.17, 15) is 9.59 Å². The zero-order valence-corrected chi connectivity index (χ0v) is 9.56. The smallest absolute Gasteiger partial charge is 0.318 e. The Morgan fingerprint density at radius 3 is 2.57 bits per heavy atom. The topological polar surface area (TPSA) is 52.6 Å². The molecule has 14 heavy (non-hydrogen) atoms. The van der Waals surface area contributed by atoms with Crippen LogP contribution in [-0.4, -0.2) is 36.7 Å². The summed E-state index contributed by atoms with van der Waals surface area (Å²) in [5, 5.41) is -0.223. The summed E-state index contributed by atoms with van der Waals surface area (Å²) in [6.07, 6.45) is 0.324. The Kier molecular flexibility index (Phi) is 7.28. The number of esters is 2. The predicted octanol–water partition coefficient (Wildman–Crippen LogP) is 1.23. The summed E-state index contributed by atoms with van der Waals surface area (Å²) in [7, 11) is 1.35. The molecule has 0 aromatic carbocycles. The van der Waals surface area contributed by atoms with E-state index in [0.717, 1.165) is 0 Å². The summed E-state index contributed by atoms with van der Waals surface area (Å²) in [6, 6.07) is 0. The van der Waals surface area contributed by atoms with Crippen LogP contribution in [-0.2, 0) is 19.1 Å². The molecule has 0 radical (unpaired) electrons. The van der Waals surface area contributed by atoms with Crippen LogP contribution in [0.1, 0.15) is 20.3 Å². The molecule has 0 aliphatic rings. The van der Waals surface area contributed by atoms with Crippen LogP contribution in [0.25, 0.3) is 0 Å². The molecule has 0 aliphatic heterocycles. The fourth-order valence-electron chi connectivity index (χ4n) is 0.749. The van der Waals surface area contributed by atoms with Crippen LogP contribution in [0.3, 0.4) is 0 Å². The molecule has 0 spiro atoms. The number of carbonyl (C=O) groups is 2. The first-order valence-electron chi connectivity index (χ1n) is 4.46. The van der Waals surface area contributed by atoms with E-state index in [1.165, 1.54) is 18.9 Å². The molecule has 0 rings (SSSR count). The Hall–Kier alpha value is -0.710. The Balaban J connectivity index is 3.58. The first-order chi connectivity index (χ1) is 6.61. The summed E-state index contributed by atoms with van der Waals surface area (Å²) >= 11 is 1.39. The molecule has 5 heteroatoms. The van der Waals surface area contributed by atoms with Crippen molar-refractivity contribution in [2.75, 3.05) is 19.5 Å². The standard InChI is InChI=1S/C9H16O4S/c1-4-13-9(11)7(2)14-6-5-8(10)12-3/h7H,4-6H2,1-3H3/t7-/m1/s1. The number of hydrogen-bond acceptors (Lipinski definition) is 5. The molecule has 0 saturated carbocycles. The Morgan fingerprint density at radius 2 is 2.07 bits per heavy atom. The average Bonchev–Trinajstić information content (AvgIpc) is 2.17. The fourth-order valence-corrected chi connectivity index (χ4v) is 1.59. The summed E-state index contributed by atoms with van der Waals surface area (Å²) in [5.74, 6) is 0.0862. The van der Waals surface area contributed by atoms with Gasteiger partial charge in [0.15, 0.2) is 0 Å². The van der Waals surface area contributed by atoms with Crippen molar-refractivity contribution in [2.24, 2.45) is 0 Å². The molecule has 0 aromatic heterocycles. The van der Waals surface area contributed by atoms with Crippen LogP contribution in [0.2, 0.25) is 0 Å². The van der Waals surface area contributed by atoms with Crippen molar-refractivity contribution in [1.82, 2.24) is 0 Å². The SMILES string of the molecule is CCOC(=O)[C@@H](C)SCCC(=O)OC. The lowest BCUT2D eigenvalue weighted by Gasteiger charge is -2.09. The molecule has 0 unspecified atom stereocenters. The normalized spacial score (nSPS) is 11.9. The Labute approximate surface area is 88.3 Å². The third kappa shape index (κ3) is 5.85. The highest BCUT2D eigenvalue weighted by molar-refractivity contribution is 8.00. The van der Waals surface area contributed by atoms with Crippen molar-refractivity contribution < 1.29 is 19.1 Å². The highest BCUT2D eigenvalue weighted by atomic mass is 32.2. The van der Waals surface area contributed by atoms with Crippen molar-refractivity contribution in [1.29, 1.82) is 0 Å². The lowest BCUT2D eigenvalue weighted by molar-refractivity contribution is -0.142. The minimum absolute atomic E-state index is 0.223. The van der Waals surface area contributed by atoms with Crippen LogP contribution in [0, 0.1) is 0 Å². The maximum atomic E-state index is 11.1. The van der Waals surface area contributed by atoms with Gasteiger partial charge in [-0.25, -0.2) is 0 Å². The molecule has 0 N–H and O–H groups in total. The minimum atomic E-state index is -0.256. The van der Waals surface area contributed by atoms with Gasteiger partial charge >= 0.3 is 11.9 Å². The molecular formula is C9H16O4S. The second-order valence-corrected chi connectivity index (χ2v) is 4.04. The van der Waals surface area contributed by atoms with E-state index in [2.05, 4.69) is 4.74 Å². The van der Waals surface area contributed by atoms with Crippen LogP contribution in [0.4, 0.5) is 0 Å². The lowest BCUT2D eigenvalue weighted by atomic mass is 10.5. The third-order valence-corrected chi connectivity index (χ3v) is 2.65. The van der Waals surface area contributed by atoms with Gasteiger partial charge in [-0.15, -0.1) is 11.8 Å². The number of carbonyl (C=O) groups excluding carboxylic acids is 2. The zero-order valence-electron chi connectivity index (χ0n) is 8.74. The number of ether oxygens (including phenoxy) is 2. The highest BCUT2D eigenvalue weighted by Crippen LogP contribution is 2.13. The molecule has 4 nitrogen and oxygen atoms in total.